The number of nitrogens with zero attached hydrogens (tertiary/aromatic N) is 1. The van der Waals surface area contributed by atoms with Crippen LogP contribution in [0, 0.1) is 17.5 Å². The van der Waals surface area contributed by atoms with Crippen LogP contribution in [0.5, 0.6) is 0 Å². The molecule has 3 atom stereocenters. The van der Waals surface area contributed by atoms with Crippen LogP contribution < -0.4 is 0 Å². The number of aromatic nitrogens is 1. The fraction of sp³-hybridized carbons (Fsp3) is 0.370. The Morgan fingerprint density at radius 3 is 2.51 bits per heavy atom. The van der Waals surface area contributed by atoms with Gasteiger partial charge in [0.15, 0.2) is 0 Å². The number of carbonyl (C=O) groups is 1. The Hall–Kier alpha value is -3.13. The number of hydrogen-bond acceptors (Lipinski definition) is 2. The molecule has 3 aromatic rings. The summed E-state index contributed by atoms with van der Waals surface area (Å²) in [6.07, 6.45) is 4.35. The molecule has 0 bridgehead atoms. The standard InChI is InChI=1S/C27H26F4N2O2/c1-27(2,31)13-33-21-5-3-4-16(21)23-17-12-15(28)7-8-20(17)32-25(23)26(33)24-18(29)10-14(11-19(24)30)6-9-22(34)35/h6-12,16,21,26,32H,3-5,13H2,1-2H3,(H,34,35)/b9-6+/t16?,21?,26-/m1/s1. The SMILES string of the molecule is CC(C)(F)CN1C2CCCC2c2c([nH]c3ccc(F)cc23)[C@H]1c1c(F)cc(/C=C/C(=O)O)cc1F. The summed E-state index contributed by atoms with van der Waals surface area (Å²) in [5, 5.41) is 9.54. The highest BCUT2D eigenvalue weighted by Crippen LogP contribution is 2.53. The first-order valence-electron chi connectivity index (χ1n) is 11.7. The molecule has 2 unspecified atom stereocenters. The third-order valence-corrected chi connectivity index (χ3v) is 7.06. The predicted molar refractivity (Wildman–Crippen MR) is 125 cm³/mol. The van der Waals surface area contributed by atoms with Crippen molar-refractivity contribution in [2.24, 2.45) is 0 Å². The van der Waals surface area contributed by atoms with Gasteiger partial charge in [-0.15, -0.1) is 0 Å². The van der Waals surface area contributed by atoms with Gasteiger partial charge in [-0.3, -0.25) is 4.90 Å². The molecule has 8 heteroatoms. The normalized spacial score (nSPS) is 22.6. The fourth-order valence-electron chi connectivity index (χ4n) is 5.93. The Kier molecular flexibility index (Phi) is 5.74. The molecule has 0 amide bonds. The number of aliphatic carboxylic acids is 1. The van der Waals surface area contributed by atoms with Crippen molar-refractivity contribution in [3.8, 4) is 0 Å². The molecule has 35 heavy (non-hydrogen) atoms. The van der Waals surface area contributed by atoms with Crippen molar-refractivity contribution >= 4 is 22.9 Å². The van der Waals surface area contributed by atoms with Crippen LogP contribution in [0.25, 0.3) is 17.0 Å². The Balaban J connectivity index is 1.75. The van der Waals surface area contributed by atoms with E-state index < -0.39 is 35.1 Å². The van der Waals surface area contributed by atoms with E-state index in [-0.39, 0.29) is 29.6 Å². The summed E-state index contributed by atoms with van der Waals surface area (Å²) in [5.74, 6) is -3.35. The van der Waals surface area contributed by atoms with E-state index in [9.17, 15) is 9.18 Å². The summed E-state index contributed by atoms with van der Waals surface area (Å²) in [5.41, 5.74) is 0.254. The first kappa shape index (κ1) is 23.6. The highest BCUT2D eigenvalue weighted by Gasteiger charge is 2.48. The number of hydrogen-bond donors (Lipinski definition) is 2. The van der Waals surface area contributed by atoms with Crippen molar-refractivity contribution in [1.82, 2.24) is 9.88 Å². The first-order valence-corrected chi connectivity index (χ1v) is 11.7. The van der Waals surface area contributed by atoms with Crippen LogP contribution in [0.4, 0.5) is 17.6 Å². The van der Waals surface area contributed by atoms with Crippen LogP contribution >= 0.6 is 0 Å². The van der Waals surface area contributed by atoms with Crippen molar-refractivity contribution in [3.05, 3.63) is 76.2 Å². The van der Waals surface area contributed by atoms with Gasteiger partial charge in [0.05, 0.1) is 6.04 Å². The predicted octanol–water partition coefficient (Wildman–Crippen LogP) is 6.47. The van der Waals surface area contributed by atoms with Crippen LogP contribution in [0.1, 0.15) is 67.5 Å². The van der Waals surface area contributed by atoms with E-state index in [1.807, 2.05) is 4.90 Å². The van der Waals surface area contributed by atoms with Gasteiger partial charge in [-0.05, 0) is 74.2 Å². The lowest BCUT2D eigenvalue weighted by Crippen LogP contribution is -2.49. The second-order valence-electron chi connectivity index (χ2n) is 10.1. The number of fused-ring (bicyclic) bond motifs is 5. The van der Waals surface area contributed by atoms with Gasteiger partial charge in [0, 0.05) is 46.7 Å². The molecule has 0 radical (unpaired) electrons. The van der Waals surface area contributed by atoms with Gasteiger partial charge in [-0.25, -0.2) is 22.4 Å². The molecule has 1 saturated carbocycles. The molecule has 1 aliphatic heterocycles. The second kappa shape index (κ2) is 8.52. The molecule has 0 spiro atoms. The number of nitrogens with one attached hydrogen (secondary N) is 1. The quantitative estimate of drug-likeness (QED) is 0.321. The molecular weight excluding hydrogens is 460 g/mol. The fourth-order valence-corrected chi connectivity index (χ4v) is 5.93. The maximum absolute atomic E-state index is 15.6. The first-order chi connectivity index (χ1) is 16.5. The summed E-state index contributed by atoms with van der Waals surface area (Å²) < 4.78 is 60.4. The zero-order valence-corrected chi connectivity index (χ0v) is 19.4. The molecular formula is C27H26F4N2O2. The van der Waals surface area contributed by atoms with Gasteiger partial charge >= 0.3 is 5.97 Å². The molecule has 184 valence electrons. The van der Waals surface area contributed by atoms with Gasteiger partial charge in [0.2, 0.25) is 0 Å². The van der Waals surface area contributed by atoms with Crippen molar-refractivity contribution in [2.45, 2.75) is 56.8 Å². The number of alkyl halides is 1. The summed E-state index contributed by atoms with van der Waals surface area (Å²) in [4.78, 5) is 16.0. The third-order valence-electron chi connectivity index (χ3n) is 7.06. The number of benzene rings is 2. The van der Waals surface area contributed by atoms with E-state index in [0.29, 0.717) is 16.6 Å². The molecule has 1 aliphatic carbocycles. The molecule has 2 N–H and O–H groups in total. The third kappa shape index (κ3) is 4.24. The maximum Gasteiger partial charge on any atom is 0.328 e. The molecule has 2 aromatic carbocycles. The number of carboxylic acid groups (broad SMARTS) is 1. The highest BCUT2D eigenvalue weighted by molar-refractivity contribution is 5.87. The smallest absolute Gasteiger partial charge is 0.328 e. The van der Waals surface area contributed by atoms with Crippen LogP contribution in [-0.4, -0.2) is 39.2 Å². The van der Waals surface area contributed by atoms with E-state index in [1.54, 1.807) is 6.07 Å². The molecule has 0 saturated heterocycles. The van der Waals surface area contributed by atoms with Crippen molar-refractivity contribution < 1.29 is 27.5 Å². The number of aromatic amines is 1. The average Bonchev–Trinajstić information content (AvgIpc) is 3.37. The van der Waals surface area contributed by atoms with E-state index in [2.05, 4.69) is 4.98 Å². The topological polar surface area (TPSA) is 56.3 Å². The molecule has 4 nitrogen and oxygen atoms in total. The number of H-pyrrole nitrogens is 1. The minimum atomic E-state index is -1.63. The maximum atomic E-state index is 15.6. The van der Waals surface area contributed by atoms with Crippen LogP contribution in [0.15, 0.2) is 36.4 Å². The van der Waals surface area contributed by atoms with Gasteiger partial charge < -0.3 is 10.1 Å². The lowest BCUT2D eigenvalue weighted by atomic mass is 9.80. The molecule has 1 aromatic heterocycles. The summed E-state index contributed by atoms with van der Waals surface area (Å²) in [6.45, 7) is 2.84. The lowest BCUT2D eigenvalue weighted by Gasteiger charge is -2.45. The van der Waals surface area contributed by atoms with Crippen LogP contribution in [0.2, 0.25) is 0 Å². The van der Waals surface area contributed by atoms with Crippen LogP contribution in [-0.2, 0) is 4.79 Å². The van der Waals surface area contributed by atoms with Gasteiger partial charge in [0.25, 0.3) is 0 Å². The van der Waals surface area contributed by atoms with Crippen molar-refractivity contribution in [1.29, 1.82) is 0 Å². The monoisotopic (exact) mass is 486 g/mol. The molecule has 2 aliphatic rings. The zero-order valence-electron chi connectivity index (χ0n) is 19.4. The van der Waals surface area contributed by atoms with E-state index >= 15 is 13.2 Å². The number of halogens is 4. The Morgan fingerprint density at radius 1 is 1.14 bits per heavy atom. The Labute approximate surface area is 200 Å². The van der Waals surface area contributed by atoms with Crippen molar-refractivity contribution in [2.75, 3.05) is 6.54 Å². The molecule has 1 fully saturated rings. The largest absolute Gasteiger partial charge is 0.478 e. The molecule has 2 heterocycles. The zero-order chi connectivity index (χ0) is 25.1. The van der Waals surface area contributed by atoms with Gasteiger partial charge in [-0.1, -0.05) is 6.42 Å². The number of carboxylic acids is 1. The molecule has 5 rings (SSSR count). The minimum absolute atomic E-state index is 0.0111. The van der Waals surface area contributed by atoms with Crippen LogP contribution in [0.3, 0.4) is 0 Å². The lowest BCUT2D eigenvalue weighted by molar-refractivity contribution is -0.131. The van der Waals surface area contributed by atoms with Gasteiger partial charge in [-0.2, -0.15) is 0 Å². The summed E-state index contributed by atoms with van der Waals surface area (Å²) in [6, 6.07) is 5.44. The van der Waals surface area contributed by atoms with E-state index in [4.69, 9.17) is 5.11 Å². The Bertz CT molecular complexity index is 1320. The van der Waals surface area contributed by atoms with Gasteiger partial charge in [0.1, 0.15) is 23.1 Å². The summed E-state index contributed by atoms with van der Waals surface area (Å²) >= 11 is 0. The average molecular weight is 487 g/mol. The summed E-state index contributed by atoms with van der Waals surface area (Å²) in [7, 11) is 0. The van der Waals surface area contributed by atoms with E-state index in [1.165, 1.54) is 26.0 Å². The second-order valence-corrected chi connectivity index (χ2v) is 10.1. The number of rotatable bonds is 5. The van der Waals surface area contributed by atoms with Crippen molar-refractivity contribution in [3.63, 3.8) is 0 Å². The Morgan fingerprint density at radius 2 is 1.86 bits per heavy atom. The minimum Gasteiger partial charge on any atom is -0.478 e. The highest BCUT2D eigenvalue weighted by atomic mass is 19.1. The van der Waals surface area contributed by atoms with E-state index in [0.717, 1.165) is 49.1 Å².